The number of carbonyl (C=O) groups excluding carboxylic acids is 2. The fourth-order valence-corrected chi connectivity index (χ4v) is 4.59. The van der Waals surface area contributed by atoms with Crippen LogP contribution in [0, 0.1) is 0 Å². The maximum absolute atomic E-state index is 14.0. The number of rotatable bonds is 9. The lowest BCUT2D eigenvalue weighted by atomic mass is 10.0. The number of hydrogen-bond donors (Lipinski definition) is 2. The second kappa shape index (κ2) is 12.6. The number of aliphatic imine (C=N–C) groups is 1. The molecule has 0 aliphatic heterocycles. The van der Waals surface area contributed by atoms with Crippen molar-refractivity contribution >= 4 is 29.6 Å². The molecule has 3 N–H and O–H groups in total. The number of benzene rings is 2. The highest BCUT2D eigenvalue weighted by atomic mass is 35.5. The summed E-state index contributed by atoms with van der Waals surface area (Å²) in [4.78, 5) is 31.8. The van der Waals surface area contributed by atoms with Crippen molar-refractivity contribution in [2.45, 2.75) is 31.5 Å². The Kier molecular flexibility index (Phi) is 8.66. The van der Waals surface area contributed by atoms with E-state index in [1.807, 2.05) is 0 Å². The number of nitrogens with one attached hydrogen (secondary N) is 1. The first-order valence-electron chi connectivity index (χ1n) is 13.2. The maximum atomic E-state index is 14.0. The van der Waals surface area contributed by atoms with E-state index in [0.29, 0.717) is 37.7 Å². The van der Waals surface area contributed by atoms with Crippen molar-refractivity contribution in [3.05, 3.63) is 77.2 Å². The molecule has 43 heavy (non-hydrogen) atoms. The third kappa shape index (κ3) is 6.80. The number of alkyl carbamates (subject to hydrolysis) is 1. The van der Waals surface area contributed by atoms with Gasteiger partial charge in [-0.15, -0.1) is 5.10 Å². The molecule has 0 saturated heterocycles. The van der Waals surface area contributed by atoms with Crippen LogP contribution in [0.5, 0.6) is 0 Å². The minimum Gasteiger partial charge on any atom is -0.447 e. The summed E-state index contributed by atoms with van der Waals surface area (Å²) >= 11 is 6.50. The van der Waals surface area contributed by atoms with Crippen LogP contribution >= 0.6 is 11.6 Å². The third-order valence-electron chi connectivity index (χ3n) is 6.80. The molecule has 0 bridgehead atoms. The molecule has 2 amide bonds. The second-order valence-electron chi connectivity index (χ2n) is 9.87. The number of ether oxygens (including phenoxy) is 1. The molecule has 0 spiro atoms. The van der Waals surface area contributed by atoms with Gasteiger partial charge in [-0.1, -0.05) is 35.0 Å². The molecule has 4 aromatic rings. The highest BCUT2D eigenvalue weighted by Crippen LogP contribution is 2.33. The number of amides is 2. The Morgan fingerprint density at radius 2 is 1.93 bits per heavy atom. The van der Waals surface area contributed by atoms with Gasteiger partial charge in [-0.05, 0) is 48.2 Å². The van der Waals surface area contributed by atoms with E-state index in [9.17, 15) is 18.4 Å². The Hall–Kier alpha value is -4.85. The minimum absolute atomic E-state index is 0.0658. The summed E-state index contributed by atoms with van der Waals surface area (Å²) in [6.07, 6.45) is 5.34. The van der Waals surface area contributed by atoms with Gasteiger partial charge in [-0.2, -0.15) is 13.9 Å². The molecule has 0 unspecified atom stereocenters. The summed E-state index contributed by atoms with van der Waals surface area (Å²) in [5.41, 5.74) is 9.15. The van der Waals surface area contributed by atoms with Crippen LogP contribution in [-0.2, 0) is 11.8 Å². The summed E-state index contributed by atoms with van der Waals surface area (Å²) in [6, 6.07) is 10.5. The Morgan fingerprint density at radius 3 is 2.53 bits per heavy atom. The molecule has 0 radical (unpaired) electrons. The Morgan fingerprint density at radius 1 is 1.19 bits per heavy atom. The van der Waals surface area contributed by atoms with E-state index in [0.717, 1.165) is 12.8 Å². The Bertz CT molecular complexity index is 1650. The number of carbonyl (C=O) groups is 2. The third-order valence-corrected chi connectivity index (χ3v) is 7.13. The molecule has 2 heterocycles. The molecule has 1 aliphatic rings. The van der Waals surface area contributed by atoms with Gasteiger partial charge in [0.05, 0.1) is 23.5 Å². The zero-order valence-electron chi connectivity index (χ0n) is 23.2. The van der Waals surface area contributed by atoms with Crippen molar-refractivity contribution in [2.75, 3.05) is 13.7 Å². The van der Waals surface area contributed by atoms with E-state index >= 15 is 0 Å². The zero-order valence-corrected chi connectivity index (χ0v) is 23.9. The summed E-state index contributed by atoms with van der Waals surface area (Å²) in [7, 11) is 3.16. The predicted octanol–water partition coefficient (Wildman–Crippen LogP) is 4.41. The van der Waals surface area contributed by atoms with Gasteiger partial charge >= 0.3 is 12.6 Å². The number of hydrogen-bond acceptors (Lipinski definition) is 7. The number of aromatic nitrogens is 5. The average Bonchev–Trinajstić information content (AvgIpc) is 3.47. The highest BCUT2D eigenvalue weighted by Gasteiger charge is 2.32. The van der Waals surface area contributed by atoms with E-state index in [4.69, 9.17) is 22.1 Å². The molecular formula is C28H28ClF2N9O3. The van der Waals surface area contributed by atoms with Gasteiger partial charge < -0.3 is 15.8 Å². The van der Waals surface area contributed by atoms with E-state index in [-0.39, 0.29) is 24.2 Å². The molecule has 2 aromatic carbocycles. The number of alkyl halides is 2. The smallest absolute Gasteiger partial charge is 0.407 e. The lowest BCUT2D eigenvalue weighted by Gasteiger charge is -2.31. The van der Waals surface area contributed by atoms with Crippen LogP contribution in [0.15, 0.2) is 66.0 Å². The van der Waals surface area contributed by atoms with Crippen LogP contribution in [0.1, 0.15) is 41.4 Å². The van der Waals surface area contributed by atoms with Crippen molar-refractivity contribution in [1.82, 2.24) is 35.0 Å². The number of nitrogens with two attached hydrogens (primary N) is 1. The summed E-state index contributed by atoms with van der Waals surface area (Å²) in [6.45, 7) is -3.03. The summed E-state index contributed by atoms with van der Waals surface area (Å²) in [5, 5.41) is 14.9. The lowest BCUT2D eigenvalue weighted by molar-refractivity contribution is 0.0566. The topological polar surface area (TPSA) is 146 Å². The first-order valence-corrected chi connectivity index (χ1v) is 13.6. The van der Waals surface area contributed by atoms with E-state index in [1.54, 1.807) is 43.6 Å². The number of guanidine groups is 1. The highest BCUT2D eigenvalue weighted by molar-refractivity contribution is 6.33. The van der Waals surface area contributed by atoms with E-state index < -0.39 is 24.6 Å². The van der Waals surface area contributed by atoms with Crippen molar-refractivity contribution in [1.29, 1.82) is 0 Å². The number of halogens is 3. The van der Waals surface area contributed by atoms with Crippen LogP contribution in [0.25, 0.3) is 22.4 Å². The van der Waals surface area contributed by atoms with Crippen LogP contribution in [0.2, 0.25) is 5.02 Å². The molecular weight excluding hydrogens is 584 g/mol. The number of nitrogens with zero attached hydrogens (tertiary/aromatic N) is 7. The minimum atomic E-state index is -2.77. The normalized spacial score (nSPS) is 14.0. The van der Waals surface area contributed by atoms with Crippen LogP contribution in [-0.4, -0.2) is 67.3 Å². The quantitative estimate of drug-likeness (QED) is 0.211. The van der Waals surface area contributed by atoms with E-state index in [1.165, 1.54) is 41.2 Å². The van der Waals surface area contributed by atoms with Crippen molar-refractivity contribution < 1.29 is 23.1 Å². The van der Waals surface area contributed by atoms with Gasteiger partial charge in [0.1, 0.15) is 12.3 Å². The lowest BCUT2D eigenvalue weighted by Crippen LogP contribution is -2.46. The molecule has 224 valence electrons. The summed E-state index contributed by atoms with van der Waals surface area (Å²) in [5.74, 6) is -0.662. The first kappa shape index (κ1) is 29.6. The fourth-order valence-electron chi connectivity index (χ4n) is 4.38. The molecule has 5 rings (SSSR count). The Labute approximate surface area is 250 Å². The van der Waals surface area contributed by atoms with Gasteiger partial charge in [0.2, 0.25) is 0 Å². The summed E-state index contributed by atoms with van der Waals surface area (Å²) < 4.78 is 33.6. The predicted molar refractivity (Wildman–Crippen MR) is 154 cm³/mol. The molecule has 1 aliphatic carbocycles. The van der Waals surface area contributed by atoms with Gasteiger partial charge in [0, 0.05) is 43.0 Å². The fraction of sp³-hybridized carbons (Fsp3) is 0.286. The maximum Gasteiger partial charge on any atom is 0.407 e. The Balaban J connectivity index is 1.49. The van der Waals surface area contributed by atoms with Gasteiger partial charge in [0.25, 0.3) is 5.91 Å². The molecule has 15 heteroatoms. The van der Waals surface area contributed by atoms with Crippen LogP contribution in [0.4, 0.5) is 13.6 Å². The average molecular weight is 612 g/mol. The molecule has 2 aromatic heterocycles. The van der Waals surface area contributed by atoms with Gasteiger partial charge in [-0.3, -0.25) is 19.4 Å². The molecule has 1 saturated carbocycles. The van der Waals surface area contributed by atoms with Crippen molar-refractivity contribution in [3.63, 3.8) is 0 Å². The van der Waals surface area contributed by atoms with Crippen molar-refractivity contribution in [3.8, 4) is 22.4 Å². The first-order chi connectivity index (χ1) is 20.6. The largest absolute Gasteiger partial charge is 0.447 e. The van der Waals surface area contributed by atoms with Crippen molar-refractivity contribution in [2.24, 2.45) is 17.8 Å². The molecule has 1 fully saturated rings. The zero-order chi connectivity index (χ0) is 30.7. The van der Waals surface area contributed by atoms with E-state index in [2.05, 4.69) is 25.7 Å². The second-order valence-corrected chi connectivity index (χ2v) is 10.3. The molecule has 1 atom stereocenters. The monoisotopic (exact) mass is 611 g/mol. The van der Waals surface area contributed by atoms with Crippen LogP contribution < -0.4 is 11.1 Å². The standard InChI is InChI=1S/C28H28ClF2N9O3/c1-33-27(32)40(25(41)17-5-3-16(4-6-17)19-12-34-39(13-19)26(30)31)24(15-43-28(42)35-20-8-9-20)18-7-10-22(29)21(11-18)23-14-38(2)37-36-23/h3-7,10-14,20,24,26H,8-9,15H2,1-2H3,(H2,32,33)(H,35,42)/t24-/m1/s1. The van der Waals surface area contributed by atoms with Crippen LogP contribution in [0.3, 0.4) is 0 Å². The SMILES string of the molecule is CN=C(N)N(C(=O)c1ccc(-c2cnn(C(F)F)c2)cc1)[C@H](COC(=O)NC1CC1)c1ccc(Cl)c(-c2cn(C)nn2)c1. The van der Waals surface area contributed by atoms with Gasteiger partial charge in [-0.25, -0.2) is 9.48 Å². The van der Waals surface area contributed by atoms with Gasteiger partial charge in [0.15, 0.2) is 5.96 Å². The number of aryl methyl sites for hydroxylation is 1. The molecule has 12 nitrogen and oxygen atoms in total.